The largest absolute Gasteiger partial charge is 4.00 e. The predicted molar refractivity (Wildman–Crippen MR) is 150 cm³/mol. The van der Waals surface area contributed by atoms with E-state index in [4.69, 9.17) is 9.96 Å². The maximum Gasteiger partial charge on any atom is 4.00 e. The molecule has 1 fully saturated rings. The van der Waals surface area contributed by atoms with Crippen LogP contribution in [0.4, 0.5) is 11.4 Å². The van der Waals surface area contributed by atoms with E-state index in [9.17, 15) is 0 Å². The zero-order chi connectivity index (χ0) is 23.2. The summed E-state index contributed by atoms with van der Waals surface area (Å²) >= 11 is 0. The summed E-state index contributed by atoms with van der Waals surface area (Å²) in [5.74, 6) is 2.13. The smallest absolute Gasteiger partial charge is 0.687 e. The van der Waals surface area contributed by atoms with E-state index in [1.54, 1.807) is 14.1 Å². The van der Waals surface area contributed by atoms with E-state index in [0.717, 1.165) is 17.3 Å². The number of hydrogen-bond donors (Lipinski definition) is 0. The first-order chi connectivity index (χ1) is 14.5. The fraction of sp³-hybridized carbons (Fsp3) is 0.519. The summed E-state index contributed by atoms with van der Waals surface area (Å²) in [6.45, 7) is 17.3. The van der Waals surface area contributed by atoms with Gasteiger partial charge in [-0.25, -0.2) is 0 Å². The molecule has 0 radical (unpaired) electrons. The van der Waals surface area contributed by atoms with E-state index in [1.807, 2.05) is 0 Å². The Kier molecular flexibility index (Phi) is 13.7. The molecule has 1 aliphatic carbocycles. The van der Waals surface area contributed by atoms with Gasteiger partial charge in [0.2, 0.25) is 0 Å². The minimum Gasteiger partial charge on any atom is -0.687 e. The first-order valence-electron chi connectivity index (χ1n) is 11.6. The third kappa shape index (κ3) is 8.19. The van der Waals surface area contributed by atoms with Crippen molar-refractivity contribution in [3.05, 3.63) is 83.4 Å². The van der Waals surface area contributed by atoms with Crippen LogP contribution in [0.5, 0.6) is 0 Å². The molecule has 3 nitrogen and oxygen atoms in total. The van der Waals surface area contributed by atoms with E-state index in [0.29, 0.717) is 22.9 Å². The Morgan fingerprint density at radius 3 is 1.12 bits per heavy atom. The van der Waals surface area contributed by atoms with Gasteiger partial charge in [0.1, 0.15) is 0 Å². The minimum absolute atomic E-state index is 0. The topological polar surface area (TPSA) is 42.3 Å². The van der Waals surface area contributed by atoms with Gasteiger partial charge in [0, 0.05) is 0 Å². The first-order valence-corrected chi connectivity index (χ1v) is 17.6. The van der Waals surface area contributed by atoms with Gasteiger partial charge < -0.3 is 22.7 Å². The van der Waals surface area contributed by atoms with Gasteiger partial charge in [-0.05, 0) is 34.2 Å². The molecule has 4 atom stereocenters. The molecule has 0 spiro atoms. The average Bonchev–Trinajstić information content (AvgIpc) is 2.95. The van der Waals surface area contributed by atoms with E-state index >= 15 is 0 Å². The van der Waals surface area contributed by atoms with Crippen molar-refractivity contribution in [2.24, 2.45) is 17.8 Å². The molecule has 6 heteroatoms. The number of benzene rings is 2. The zero-order valence-electron chi connectivity index (χ0n) is 22.5. The van der Waals surface area contributed by atoms with Crippen molar-refractivity contribution >= 4 is 27.8 Å². The molecular formula is C27H45N3Si2Zr. The Morgan fingerprint density at radius 1 is 0.576 bits per heavy atom. The second-order valence-corrected chi connectivity index (χ2v) is 18.7. The van der Waals surface area contributed by atoms with Crippen molar-refractivity contribution in [3.63, 3.8) is 0 Å². The van der Waals surface area contributed by atoms with Gasteiger partial charge in [-0.2, -0.15) is 14.1 Å². The van der Waals surface area contributed by atoms with Gasteiger partial charge in [-0.1, -0.05) is 119 Å². The zero-order valence-corrected chi connectivity index (χ0v) is 27.0. The van der Waals surface area contributed by atoms with Crippen LogP contribution in [0.1, 0.15) is 20.8 Å². The van der Waals surface area contributed by atoms with Crippen LogP contribution < -0.4 is 0 Å². The van der Waals surface area contributed by atoms with E-state index in [-0.39, 0.29) is 33.6 Å². The SMILES string of the molecule is CC1C(C)C([Si](C)(C)[N-]c2ccccc2)C([Si](C)(C)[N-]c2ccccc2)C1C.C[N-]C.[CH3-].[Zr+4]. The third-order valence-electron chi connectivity index (χ3n) is 7.16. The molecule has 1 saturated carbocycles. The monoisotopic (exact) mass is 557 g/mol. The van der Waals surface area contributed by atoms with Crippen molar-refractivity contribution in [1.82, 2.24) is 0 Å². The first kappa shape index (κ1) is 32.3. The van der Waals surface area contributed by atoms with Crippen LogP contribution >= 0.6 is 0 Å². The van der Waals surface area contributed by atoms with Crippen LogP contribution in [-0.4, -0.2) is 30.6 Å². The maximum atomic E-state index is 5.38. The van der Waals surface area contributed by atoms with E-state index < -0.39 is 16.5 Å². The summed E-state index contributed by atoms with van der Waals surface area (Å²) in [6, 6.07) is 21.2. The standard InChI is InChI=1S/C24H36N2Si2.C2H6N.CH3.Zr/c1-18-19(2)23(27(4,5)25-21-14-10-8-11-15-21)24(20(18)3)28(6,7)26-22-16-12-9-13-17-22;1-3-2;;/h8-20,23-24H,1-7H3;1-2H3;1H3;/q-2;2*-1;+4. The van der Waals surface area contributed by atoms with Crippen molar-refractivity contribution in [2.75, 3.05) is 14.1 Å². The molecule has 0 heterocycles. The van der Waals surface area contributed by atoms with Gasteiger partial charge in [0.25, 0.3) is 0 Å². The summed E-state index contributed by atoms with van der Waals surface area (Å²) in [5.41, 5.74) is 3.65. The molecule has 0 aliphatic heterocycles. The van der Waals surface area contributed by atoms with Gasteiger partial charge in [0.15, 0.2) is 0 Å². The number of rotatable bonds is 6. The Labute approximate surface area is 226 Å². The molecular weight excluding hydrogens is 514 g/mol. The van der Waals surface area contributed by atoms with Crippen LogP contribution in [0.2, 0.25) is 37.3 Å². The molecule has 2 aromatic carbocycles. The van der Waals surface area contributed by atoms with Gasteiger partial charge >= 0.3 is 26.2 Å². The normalized spacial score (nSPS) is 24.5. The van der Waals surface area contributed by atoms with Crippen molar-refractivity contribution in [2.45, 2.75) is 58.0 Å². The third-order valence-corrected chi connectivity index (χ3v) is 14.2. The van der Waals surface area contributed by atoms with Gasteiger partial charge in [-0.15, -0.1) is 11.4 Å². The molecule has 1 aliphatic rings. The molecule has 2 aromatic rings. The molecule has 4 unspecified atom stereocenters. The predicted octanol–water partition coefficient (Wildman–Crippen LogP) is 9.54. The quantitative estimate of drug-likeness (QED) is 0.250. The Bertz CT molecular complexity index is 721. The number of nitrogens with zero attached hydrogens (tertiary/aromatic N) is 3. The molecule has 180 valence electrons. The minimum atomic E-state index is -1.85. The second-order valence-electron chi connectivity index (χ2n) is 10.3. The summed E-state index contributed by atoms with van der Waals surface area (Å²) in [5, 5.41) is 3.50. The maximum absolute atomic E-state index is 5.38. The molecule has 0 aromatic heterocycles. The molecule has 0 saturated heterocycles. The summed E-state index contributed by atoms with van der Waals surface area (Å²) < 4.78 is 0. The fourth-order valence-electron chi connectivity index (χ4n) is 5.77. The summed E-state index contributed by atoms with van der Waals surface area (Å²) in [7, 11) is -0.196. The summed E-state index contributed by atoms with van der Waals surface area (Å²) in [6.07, 6.45) is 0. The number of hydrogen-bond acceptors (Lipinski definition) is 0. The van der Waals surface area contributed by atoms with Crippen molar-refractivity contribution < 1.29 is 26.2 Å². The Balaban J connectivity index is 0.00000194. The van der Waals surface area contributed by atoms with Crippen LogP contribution in [-0.2, 0) is 26.2 Å². The molecule has 0 bridgehead atoms. The molecule has 0 amide bonds. The van der Waals surface area contributed by atoms with Crippen LogP contribution in [0.25, 0.3) is 15.3 Å². The summed E-state index contributed by atoms with van der Waals surface area (Å²) in [4.78, 5) is 10.8. The fourth-order valence-corrected chi connectivity index (χ4v) is 15.7. The van der Waals surface area contributed by atoms with Crippen molar-refractivity contribution in [1.29, 1.82) is 0 Å². The Morgan fingerprint density at radius 2 is 0.848 bits per heavy atom. The van der Waals surface area contributed by atoms with Gasteiger partial charge in [0.05, 0.1) is 0 Å². The molecule has 33 heavy (non-hydrogen) atoms. The average molecular weight is 559 g/mol. The molecule has 3 rings (SSSR count). The van der Waals surface area contributed by atoms with Gasteiger partial charge in [-0.3, -0.25) is 0 Å². The van der Waals surface area contributed by atoms with Crippen LogP contribution in [0.15, 0.2) is 60.7 Å². The van der Waals surface area contributed by atoms with Crippen molar-refractivity contribution in [3.8, 4) is 0 Å². The molecule has 0 N–H and O–H groups in total. The van der Waals surface area contributed by atoms with Crippen LogP contribution in [0.3, 0.4) is 0 Å². The second kappa shape index (κ2) is 14.0. The van der Waals surface area contributed by atoms with Crippen LogP contribution in [0, 0.1) is 25.2 Å². The van der Waals surface area contributed by atoms with E-state index in [2.05, 4.69) is 113 Å². The van der Waals surface area contributed by atoms with E-state index in [1.165, 1.54) is 0 Å². The Hall–Kier alpha value is -0.683.